The summed E-state index contributed by atoms with van der Waals surface area (Å²) in [4.78, 5) is 23.1. The highest BCUT2D eigenvalue weighted by Crippen LogP contribution is 2.47. The zero-order valence-corrected chi connectivity index (χ0v) is 36.7. The Bertz CT molecular complexity index is 1140. The number of carbonyl (C=O) groups is 1. The zero-order valence-electron chi connectivity index (χ0n) is 35.8. The molecule has 58 heavy (non-hydrogen) atoms. The Hall–Kier alpha value is -1.70. The van der Waals surface area contributed by atoms with Crippen LogP contribution in [0.3, 0.4) is 0 Å². The van der Waals surface area contributed by atoms with Crippen molar-refractivity contribution < 1.29 is 58.3 Å². The summed E-state index contributed by atoms with van der Waals surface area (Å²) in [5.74, 6) is -0.531. The van der Waals surface area contributed by atoms with Crippen molar-refractivity contribution in [3.05, 3.63) is 48.6 Å². The second kappa shape index (κ2) is 36.0. The molecular formula is C45H81O12P. The van der Waals surface area contributed by atoms with Gasteiger partial charge in [0.1, 0.15) is 42.7 Å². The lowest BCUT2D eigenvalue weighted by atomic mass is 9.85. The highest BCUT2D eigenvalue weighted by Gasteiger charge is 2.51. The van der Waals surface area contributed by atoms with Gasteiger partial charge in [0.15, 0.2) is 0 Å². The number of hydrogen-bond acceptors (Lipinski definition) is 11. The van der Waals surface area contributed by atoms with E-state index < -0.39 is 63.1 Å². The molecule has 0 aliphatic heterocycles. The van der Waals surface area contributed by atoms with Crippen molar-refractivity contribution in [2.24, 2.45) is 0 Å². The average molecular weight is 845 g/mol. The van der Waals surface area contributed by atoms with Crippen LogP contribution in [0.15, 0.2) is 48.6 Å². The number of ether oxygens (including phenoxy) is 2. The van der Waals surface area contributed by atoms with Crippen molar-refractivity contribution in [1.82, 2.24) is 0 Å². The smallest absolute Gasteiger partial charge is 0.457 e. The Balaban J connectivity index is 2.46. The fourth-order valence-corrected chi connectivity index (χ4v) is 7.56. The van der Waals surface area contributed by atoms with Gasteiger partial charge < -0.3 is 39.9 Å². The van der Waals surface area contributed by atoms with E-state index in [1.54, 1.807) is 0 Å². The average Bonchev–Trinajstić information content (AvgIpc) is 3.21. The third kappa shape index (κ3) is 27.9. The van der Waals surface area contributed by atoms with E-state index in [2.05, 4.69) is 50.3 Å². The second-order valence-corrected chi connectivity index (χ2v) is 17.0. The molecule has 0 amide bonds. The van der Waals surface area contributed by atoms with Gasteiger partial charge in [0.2, 0.25) is 0 Å². The lowest BCUT2D eigenvalue weighted by molar-refractivity contribution is -0.220. The minimum atomic E-state index is -5.03. The fraction of sp³-hybridized carbons (Fsp3) is 0.800. The van der Waals surface area contributed by atoms with Crippen LogP contribution in [0, 0.1) is 0 Å². The topological polar surface area (TPSA) is 192 Å². The van der Waals surface area contributed by atoms with E-state index in [4.69, 9.17) is 18.5 Å². The maximum Gasteiger partial charge on any atom is 0.472 e. The van der Waals surface area contributed by atoms with Crippen LogP contribution < -0.4 is 0 Å². The first kappa shape index (κ1) is 54.3. The molecule has 0 aromatic heterocycles. The fourth-order valence-electron chi connectivity index (χ4n) is 6.58. The SMILES string of the molecule is CCCCC/C=C\C/C=C\C/C=C\C/C=C\CCCC(=O)O[C@H](COCCCCCCCCCCCCCCCC)COP(=O)(O)OC1C(O)C(O)C(O)[C@@H](O)C1O. The second-order valence-electron chi connectivity index (χ2n) is 15.6. The summed E-state index contributed by atoms with van der Waals surface area (Å²) in [6, 6.07) is 0. The van der Waals surface area contributed by atoms with Gasteiger partial charge in [-0.2, -0.15) is 0 Å². The zero-order chi connectivity index (χ0) is 42.7. The van der Waals surface area contributed by atoms with Crippen LogP contribution in [0.5, 0.6) is 0 Å². The predicted octanol–water partition coefficient (Wildman–Crippen LogP) is 8.86. The van der Waals surface area contributed by atoms with Crippen molar-refractivity contribution in [2.75, 3.05) is 19.8 Å². The Morgan fingerprint density at radius 3 is 1.47 bits per heavy atom. The molecule has 1 fully saturated rings. The standard InChI is InChI=1S/C45H81O12P/c1-3-5-7-9-11-13-15-17-19-20-21-22-24-26-28-30-32-34-39(46)56-38(36-54-35-33-31-29-27-25-23-18-16-14-12-10-8-6-4-2)37-55-58(52,53)57-45-43(50)41(48)40(47)42(49)44(45)51/h11,13,17,19,21-22,26,28,38,40-45,47-51H,3-10,12,14-16,18,20,23-25,27,29-37H2,1-2H3,(H,52,53)/b13-11-,19-17-,22-21-,28-26-/t38-,40?,41-,42?,43?,44?,45?/m1/s1. The lowest BCUT2D eigenvalue weighted by Gasteiger charge is -2.41. The summed E-state index contributed by atoms with van der Waals surface area (Å²) in [7, 11) is -5.03. The van der Waals surface area contributed by atoms with Crippen LogP contribution in [-0.4, -0.2) is 98.9 Å². The van der Waals surface area contributed by atoms with Crippen molar-refractivity contribution in [2.45, 2.75) is 211 Å². The quantitative estimate of drug-likeness (QED) is 0.0151. The molecule has 0 radical (unpaired) electrons. The van der Waals surface area contributed by atoms with E-state index in [-0.39, 0.29) is 13.0 Å². The molecule has 8 atom stereocenters. The van der Waals surface area contributed by atoms with Gasteiger partial charge in [-0.15, -0.1) is 0 Å². The van der Waals surface area contributed by atoms with E-state index in [1.165, 1.54) is 89.9 Å². The molecule has 1 saturated carbocycles. The lowest BCUT2D eigenvalue weighted by Crippen LogP contribution is -2.64. The number of hydrogen-bond donors (Lipinski definition) is 6. The van der Waals surface area contributed by atoms with Gasteiger partial charge in [-0.25, -0.2) is 4.57 Å². The van der Waals surface area contributed by atoms with Crippen LogP contribution in [0.1, 0.15) is 168 Å². The number of aliphatic hydroxyl groups excluding tert-OH is 5. The predicted molar refractivity (Wildman–Crippen MR) is 230 cm³/mol. The molecule has 12 nitrogen and oxygen atoms in total. The first-order chi connectivity index (χ1) is 28.0. The first-order valence-corrected chi connectivity index (χ1v) is 24.0. The van der Waals surface area contributed by atoms with Gasteiger partial charge in [-0.05, 0) is 51.4 Å². The van der Waals surface area contributed by atoms with Gasteiger partial charge >= 0.3 is 13.8 Å². The van der Waals surface area contributed by atoms with E-state index >= 15 is 0 Å². The molecule has 0 heterocycles. The Kier molecular flexibility index (Phi) is 33.7. The van der Waals surface area contributed by atoms with Gasteiger partial charge in [0.05, 0.1) is 13.2 Å². The number of phosphoric ester groups is 1. The van der Waals surface area contributed by atoms with E-state index in [9.17, 15) is 39.8 Å². The minimum absolute atomic E-state index is 0.0976. The first-order valence-electron chi connectivity index (χ1n) is 22.5. The summed E-state index contributed by atoms with van der Waals surface area (Å²) in [6.07, 6.45) is 30.4. The number of allylic oxidation sites excluding steroid dienone is 8. The molecule has 0 aromatic rings. The summed E-state index contributed by atoms with van der Waals surface area (Å²) < 4.78 is 34.1. The van der Waals surface area contributed by atoms with E-state index in [0.29, 0.717) is 19.4 Å². The third-order valence-corrected chi connectivity index (χ3v) is 11.2. The maximum atomic E-state index is 12.8. The summed E-state index contributed by atoms with van der Waals surface area (Å²) >= 11 is 0. The van der Waals surface area contributed by atoms with Crippen molar-refractivity contribution >= 4 is 13.8 Å². The van der Waals surface area contributed by atoms with Crippen LogP contribution in [-0.2, 0) is 27.9 Å². The monoisotopic (exact) mass is 845 g/mol. The van der Waals surface area contributed by atoms with Gasteiger partial charge in [-0.1, -0.05) is 159 Å². The van der Waals surface area contributed by atoms with Crippen molar-refractivity contribution in [3.8, 4) is 0 Å². The highest BCUT2D eigenvalue weighted by molar-refractivity contribution is 7.47. The van der Waals surface area contributed by atoms with Gasteiger partial charge in [-0.3, -0.25) is 13.8 Å². The van der Waals surface area contributed by atoms with Crippen LogP contribution in [0.25, 0.3) is 0 Å². The van der Waals surface area contributed by atoms with Gasteiger partial charge in [0.25, 0.3) is 0 Å². The number of rotatable bonds is 37. The van der Waals surface area contributed by atoms with E-state index in [0.717, 1.165) is 44.9 Å². The number of esters is 1. The van der Waals surface area contributed by atoms with Crippen molar-refractivity contribution in [3.63, 3.8) is 0 Å². The highest BCUT2D eigenvalue weighted by atomic mass is 31.2. The number of aliphatic hydroxyl groups is 5. The molecule has 1 aliphatic carbocycles. The van der Waals surface area contributed by atoms with Crippen LogP contribution in [0.2, 0.25) is 0 Å². The molecule has 338 valence electrons. The molecule has 1 rings (SSSR count). The van der Waals surface area contributed by atoms with E-state index in [1.807, 2.05) is 12.2 Å². The Morgan fingerprint density at radius 1 is 0.552 bits per heavy atom. The third-order valence-electron chi connectivity index (χ3n) is 10.2. The molecule has 1 aliphatic rings. The molecular weight excluding hydrogens is 763 g/mol. The molecule has 0 bridgehead atoms. The summed E-state index contributed by atoms with van der Waals surface area (Å²) in [5, 5.41) is 50.1. The normalized spacial score (nSPS) is 23.1. The summed E-state index contributed by atoms with van der Waals surface area (Å²) in [5.41, 5.74) is 0. The van der Waals surface area contributed by atoms with Crippen LogP contribution in [0.4, 0.5) is 0 Å². The minimum Gasteiger partial charge on any atom is -0.457 e. The molecule has 13 heteroatoms. The molecule has 0 saturated heterocycles. The van der Waals surface area contributed by atoms with Gasteiger partial charge in [0, 0.05) is 13.0 Å². The Labute approximate surface area is 350 Å². The number of unbranched alkanes of at least 4 members (excludes halogenated alkanes) is 17. The molecule has 6 unspecified atom stereocenters. The van der Waals surface area contributed by atoms with Crippen molar-refractivity contribution in [1.29, 1.82) is 0 Å². The maximum absolute atomic E-state index is 12.8. The summed E-state index contributed by atoms with van der Waals surface area (Å²) in [6.45, 7) is 4.17. The number of carbonyl (C=O) groups excluding carboxylic acids is 1. The molecule has 6 N–H and O–H groups in total. The largest absolute Gasteiger partial charge is 0.472 e. The van der Waals surface area contributed by atoms with Crippen LogP contribution >= 0.6 is 7.82 Å². The Morgan fingerprint density at radius 2 is 0.966 bits per heavy atom. The molecule has 0 spiro atoms. The molecule has 0 aromatic carbocycles. The number of phosphoric acid groups is 1.